The number of aryl methyl sites for hydroxylation is 2. The van der Waals surface area contributed by atoms with Crippen LogP contribution in [0.3, 0.4) is 0 Å². The predicted octanol–water partition coefficient (Wildman–Crippen LogP) is 2.55. The van der Waals surface area contributed by atoms with Crippen LogP contribution in [0.4, 0.5) is 0 Å². The fraction of sp³-hybridized carbons (Fsp3) is 0.571. The molecule has 2 N–H and O–H groups in total. The molecule has 2 heteroatoms. The molecule has 1 aromatic carbocycles. The van der Waals surface area contributed by atoms with Gasteiger partial charge in [0.05, 0.1) is 6.10 Å². The second-order valence-corrected chi connectivity index (χ2v) is 4.50. The molecule has 0 saturated carbocycles. The lowest BCUT2D eigenvalue weighted by Crippen LogP contribution is -2.26. The summed E-state index contributed by atoms with van der Waals surface area (Å²) in [6, 6.07) is 6.48. The van der Waals surface area contributed by atoms with Gasteiger partial charge in [-0.25, -0.2) is 0 Å². The highest BCUT2D eigenvalue weighted by Gasteiger charge is 2.03. The molecule has 90 valence electrons. The molecule has 1 aromatic rings. The van der Waals surface area contributed by atoms with Crippen LogP contribution in [0.25, 0.3) is 0 Å². The van der Waals surface area contributed by atoms with Crippen LogP contribution < -0.4 is 5.32 Å². The normalized spacial score (nSPS) is 12.8. The number of nitrogens with one attached hydrogen (secondary N) is 1. The molecule has 16 heavy (non-hydrogen) atoms. The molecule has 0 saturated heterocycles. The molecule has 0 bridgehead atoms. The minimum atomic E-state index is -0.213. The third-order valence-corrected chi connectivity index (χ3v) is 2.82. The van der Waals surface area contributed by atoms with Crippen molar-refractivity contribution in [2.45, 2.75) is 46.3 Å². The molecular weight excluding hydrogens is 198 g/mol. The topological polar surface area (TPSA) is 32.3 Å². The fourth-order valence-electron chi connectivity index (χ4n) is 1.80. The molecule has 1 unspecified atom stereocenters. The van der Waals surface area contributed by atoms with Crippen molar-refractivity contribution in [3.63, 3.8) is 0 Å². The molecule has 2 nitrogen and oxygen atoms in total. The molecule has 1 atom stereocenters. The zero-order valence-corrected chi connectivity index (χ0v) is 10.6. The average Bonchev–Trinajstić information content (AvgIpc) is 2.23. The van der Waals surface area contributed by atoms with E-state index in [-0.39, 0.29) is 6.10 Å². The highest BCUT2D eigenvalue weighted by Crippen LogP contribution is 2.10. The van der Waals surface area contributed by atoms with Crippen LogP contribution in [0.2, 0.25) is 0 Å². The van der Waals surface area contributed by atoms with E-state index < -0.39 is 0 Å². The number of aliphatic hydroxyl groups excluding tert-OH is 1. The van der Waals surface area contributed by atoms with Gasteiger partial charge in [-0.1, -0.05) is 37.1 Å². The first-order valence-electron chi connectivity index (χ1n) is 6.08. The van der Waals surface area contributed by atoms with Crippen molar-refractivity contribution in [1.82, 2.24) is 5.32 Å². The number of benzene rings is 1. The minimum Gasteiger partial charge on any atom is -0.392 e. The first kappa shape index (κ1) is 13.2. The number of hydrogen-bond donors (Lipinski definition) is 2. The summed E-state index contributed by atoms with van der Waals surface area (Å²) in [5.41, 5.74) is 3.92. The summed E-state index contributed by atoms with van der Waals surface area (Å²) in [6.45, 7) is 7.84. The van der Waals surface area contributed by atoms with Crippen LogP contribution in [-0.2, 0) is 6.54 Å². The Labute approximate surface area is 98.7 Å². The Morgan fingerprint density at radius 3 is 2.75 bits per heavy atom. The fourth-order valence-corrected chi connectivity index (χ4v) is 1.80. The number of hydrogen-bond acceptors (Lipinski definition) is 2. The summed E-state index contributed by atoms with van der Waals surface area (Å²) in [5.74, 6) is 0. The maximum absolute atomic E-state index is 9.59. The van der Waals surface area contributed by atoms with Crippen LogP contribution in [0.5, 0.6) is 0 Å². The minimum absolute atomic E-state index is 0.213. The van der Waals surface area contributed by atoms with E-state index >= 15 is 0 Å². The SMILES string of the molecule is CCCC(O)CNCc1cc(C)ccc1C. The molecule has 0 aliphatic rings. The monoisotopic (exact) mass is 221 g/mol. The highest BCUT2D eigenvalue weighted by molar-refractivity contribution is 5.30. The molecule has 0 aliphatic carbocycles. The van der Waals surface area contributed by atoms with Crippen molar-refractivity contribution in [2.75, 3.05) is 6.54 Å². The molecule has 1 rings (SSSR count). The maximum Gasteiger partial charge on any atom is 0.0664 e. The zero-order valence-electron chi connectivity index (χ0n) is 10.6. The lowest BCUT2D eigenvalue weighted by Gasteiger charge is -2.12. The molecule has 0 radical (unpaired) electrons. The van der Waals surface area contributed by atoms with E-state index in [1.54, 1.807) is 0 Å². The highest BCUT2D eigenvalue weighted by atomic mass is 16.3. The largest absolute Gasteiger partial charge is 0.392 e. The first-order valence-corrected chi connectivity index (χ1v) is 6.08. The first-order chi connectivity index (χ1) is 7.63. The molecule has 0 fully saturated rings. The Bertz CT molecular complexity index is 323. The Morgan fingerprint density at radius 2 is 2.06 bits per heavy atom. The molecule has 0 aliphatic heterocycles. The van der Waals surface area contributed by atoms with Crippen molar-refractivity contribution in [3.8, 4) is 0 Å². The van der Waals surface area contributed by atoms with Crippen molar-refractivity contribution in [3.05, 3.63) is 34.9 Å². The van der Waals surface area contributed by atoms with Gasteiger partial charge >= 0.3 is 0 Å². The van der Waals surface area contributed by atoms with E-state index in [0.29, 0.717) is 6.54 Å². The summed E-state index contributed by atoms with van der Waals surface area (Å²) in [7, 11) is 0. The van der Waals surface area contributed by atoms with Gasteiger partial charge in [0.15, 0.2) is 0 Å². The predicted molar refractivity (Wildman–Crippen MR) is 68.5 cm³/mol. The summed E-state index contributed by atoms with van der Waals surface area (Å²) in [4.78, 5) is 0. The molecule has 0 heterocycles. The van der Waals surface area contributed by atoms with E-state index in [0.717, 1.165) is 19.4 Å². The van der Waals surface area contributed by atoms with Crippen molar-refractivity contribution in [1.29, 1.82) is 0 Å². The molecule has 0 amide bonds. The summed E-state index contributed by atoms with van der Waals surface area (Å²) >= 11 is 0. The molecule has 0 aromatic heterocycles. The number of rotatable bonds is 6. The molecule has 0 spiro atoms. The van der Waals surface area contributed by atoms with E-state index in [2.05, 4.69) is 44.3 Å². The number of aliphatic hydroxyl groups is 1. The van der Waals surface area contributed by atoms with Crippen LogP contribution in [0.15, 0.2) is 18.2 Å². The van der Waals surface area contributed by atoms with Gasteiger partial charge in [-0.3, -0.25) is 0 Å². The van der Waals surface area contributed by atoms with Crippen LogP contribution in [0.1, 0.15) is 36.5 Å². The second kappa shape index (κ2) is 6.66. The van der Waals surface area contributed by atoms with Gasteiger partial charge in [-0.15, -0.1) is 0 Å². The van der Waals surface area contributed by atoms with Gasteiger partial charge in [0, 0.05) is 13.1 Å². The van der Waals surface area contributed by atoms with Crippen LogP contribution in [-0.4, -0.2) is 17.8 Å². The van der Waals surface area contributed by atoms with Gasteiger partial charge in [0.2, 0.25) is 0 Å². The van der Waals surface area contributed by atoms with Crippen molar-refractivity contribution >= 4 is 0 Å². The Hall–Kier alpha value is -0.860. The summed E-state index contributed by atoms with van der Waals surface area (Å²) < 4.78 is 0. The van der Waals surface area contributed by atoms with Gasteiger partial charge in [-0.05, 0) is 31.4 Å². The summed E-state index contributed by atoms with van der Waals surface area (Å²) in [6.07, 6.45) is 1.70. The van der Waals surface area contributed by atoms with Gasteiger partial charge in [-0.2, -0.15) is 0 Å². The quantitative estimate of drug-likeness (QED) is 0.773. The Morgan fingerprint density at radius 1 is 1.31 bits per heavy atom. The third kappa shape index (κ3) is 4.33. The second-order valence-electron chi connectivity index (χ2n) is 4.50. The summed E-state index contributed by atoms with van der Waals surface area (Å²) in [5, 5.41) is 12.9. The lowest BCUT2D eigenvalue weighted by molar-refractivity contribution is 0.160. The Balaban J connectivity index is 2.39. The van der Waals surface area contributed by atoms with E-state index in [4.69, 9.17) is 0 Å². The van der Waals surface area contributed by atoms with E-state index in [1.807, 2.05) is 0 Å². The smallest absolute Gasteiger partial charge is 0.0664 e. The van der Waals surface area contributed by atoms with Crippen LogP contribution >= 0.6 is 0 Å². The van der Waals surface area contributed by atoms with E-state index in [1.165, 1.54) is 16.7 Å². The Kier molecular flexibility index (Phi) is 5.50. The maximum atomic E-state index is 9.59. The van der Waals surface area contributed by atoms with Crippen molar-refractivity contribution < 1.29 is 5.11 Å². The van der Waals surface area contributed by atoms with Gasteiger partial charge in [0.25, 0.3) is 0 Å². The van der Waals surface area contributed by atoms with E-state index in [9.17, 15) is 5.11 Å². The standard InChI is InChI=1S/C14H23NO/c1-4-5-14(16)10-15-9-13-8-11(2)6-7-12(13)3/h6-8,14-16H,4-5,9-10H2,1-3H3. The van der Waals surface area contributed by atoms with Gasteiger partial charge < -0.3 is 10.4 Å². The lowest BCUT2D eigenvalue weighted by atomic mass is 10.1. The molecular formula is C14H23NO. The van der Waals surface area contributed by atoms with Crippen LogP contribution in [0, 0.1) is 13.8 Å². The zero-order chi connectivity index (χ0) is 12.0. The van der Waals surface area contributed by atoms with Crippen molar-refractivity contribution in [2.24, 2.45) is 0 Å². The average molecular weight is 221 g/mol. The third-order valence-electron chi connectivity index (χ3n) is 2.82. The van der Waals surface area contributed by atoms with Gasteiger partial charge in [0.1, 0.15) is 0 Å².